The predicted octanol–water partition coefficient (Wildman–Crippen LogP) is 1.67. The van der Waals surface area contributed by atoms with Gasteiger partial charge in [0.15, 0.2) is 0 Å². The molecule has 0 saturated carbocycles. The van der Waals surface area contributed by atoms with Crippen LogP contribution in [0.4, 0.5) is 0 Å². The molecule has 6 nitrogen and oxygen atoms in total. The summed E-state index contributed by atoms with van der Waals surface area (Å²) in [7, 11) is 9.40. The molecule has 9 N–H and O–H groups in total. The van der Waals surface area contributed by atoms with Gasteiger partial charge in [0.25, 0.3) is 0 Å². The summed E-state index contributed by atoms with van der Waals surface area (Å²) in [6, 6.07) is 0. The van der Waals surface area contributed by atoms with E-state index in [4.69, 9.17) is 37.9 Å². The molecule has 0 saturated heterocycles. The van der Waals surface area contributed by atoms with Crippen molar-refractivity contribution >= 4 is 105 Å². The van der Waals surface area contributed by atoms with Crippen molar-refractivity contribution in [2.75, 3.05) is 18.8 Å². The number of hydrazine groups is 3. The van der Waals surface area contributed by atoms with Crippen molar-refractivity contribution in [1.29, 1.82) is 0 Å². The van der Waals surface area contributed by atoms with E-state index in [0.717, 1.165) is 0 Å². The van der Waals surface area contributed by atoms with Crippen LogP contribution in [0.3, 0.4) is 0 Å². The van der Waals surface area contributed by atoms with Crippen molar-refractivity contribution in [2.24, 2.45) is 17.5 Å². The first kappa shape index (κ1) is 30.5. The van der Waals surface area contributed by atoms with Crippen LogP contribution >= 0.6 is 92.3 Å². The predicted molar refractivity (Wildman–Crippen MR) is 112 cm³/mol. The number of hydrogen-bond acceptors (Lipinski definition) is 9. The summed E-state index contributed by atoms with van der Waals surface area (Å²) in [5, 5.41) is 0. The first-order valence-corrected chi connectivity index (χ1v) is 11.9. The Morgan fingerprint density at radius 3 is 0.905 bits per heavy atom. The molecule has 0 amide bonds. The van der Waals surface area contributed by atoms with Crippen LogP contribution in [0.25, 0.3) is 0 Å². The van der Waals surface area contributed by atoms with Gasteiger partial charge < -0.3 is 16.3 Å². The van der Waals surface area contributed by atoms with Crippen LogP contribution in [0.15, 0.2) is 0 Å². The number of rotatable bonds is 0. The maximum absolute atomic E-state index is 4.87. The molecule has 0 aliphatic heterocycles. The topological polar surface area (TPSA) is 114 Å². The fourth-order valence-corrected chi connectivity index (χ4v) is 0.530. The Morgan fingerprint density at radius 2 is 0.905 bits per heavy atom. The van der Waals surface area contributed by atoms with E-state index in [9.17, 15) is 0 Å². The molecule has 0 aromatic heterocycles. The summed E-state index contributed by atoms with van der Waals surface area (Å²) in [4.78, 5) is 0. The average Bonchev–Trinajstić information content (AvgIpc) is 2.54. The summed E-state index contributed by atoms with van der Waals surface area (Å²) in [6.45, 7) is 0. The molecule has 0 aliphatic carbocycles. The van der Waals surface area contributed by atoms with Crippen LogP contribution in [0.2, 0.25) is 0 Å². The Morgan fingerprint density at radius 1 is 0.762 bits per heavy atom. The molecule has 0 radical (unpaired) electrons. The van der Waals surface area contributed by atoms with Gasteiger partial charge in [0.2, 0.25) is 0 Å². The van der Waals surface area contributed by atoms with Crippen LogP contribution in [-0.2, 0) is 12.7 Å². The van der Waals surface area contributed by atoms with Gasteiger partial charge in [-0.05, 0) is 18.8 Å². The second-order valence-corrected chi connectivity index (χ2v) is 8.03. The fraction of sp³-hybridized carbons (Fsp3) is 0.500. The SMILES string of the molecule is CSC(=S)NN.CSC(=S)NN.CSC(=S)NN.[Cl][Ni][Cl]. The van der Waals surface area contributed by atoms with E-state index in [1.165, 1.54) is 35.3 Å². The zero-order valence-electron chi connectivity index (χ0n) is 11.3. The molecule has 0 rings (SSSR count). The van der Waals surface area contributed by atoms with Crippen molar-refractivity contribution in [1.82, 2.24) is 16.3 Å². The minimum atomic E-state index is 0.569. The van der Waals surface area contributed by atoms with E-state index in [1.54, 1.807) is 0 Å². The number of nitrogens with two attached hydrogens (primary N) is 3. The number of hydrogen-bond donors (Lipinski definition) is 6. The Balaban J connectivity index is -0.0000000944. The maximum atomic E-state index is 4.87. The van der Waals surface area contributed by atoms with Gasteiger partial charge in [0.1, 0.15) is 13.0 Å². The van der Waals surface area contributed by atoms with Gasteiger partial charge in [-0.1, -0.05) is 71.9 Å². The molecule has 0 atom stereocenters. The molecule has 0 unspecified atom stereocenters. The summed E-state index contributed by atoms with van der Waals surface area (Å²) >= 11 is 18.6. The second-order valence-electron chi connectivity index (χ2n) is 1.95. The Hall–Kier alpha value is 1.67. The normalized spacial score (nSPS) is 7.62. The first-order chi connectivity index (χ1) is 9.84. The molecule has 0 fully saturated rings. The molecular weight excluding hydrogens is 478 g/mol. The van der Waals surface area contributed by atoms with E-state index in [0.29, 0.717) is 25.6 Å². The average molecular weight is 496 g/mol. The molecule has 0 spiro atoms. The van der Waals surface area contributed by atoms with Crippen molar-refractivity contribution in [3.05, 3.63) is 0 Å². The quantitative estimate of drug-likeness (QED) is 0.127. The van der Waals surface area contributed by atoms with Crippen molar-refractivity contribution in [2.45, 2.75) is 0 Å². The van der Waals surface area contributed by atoms with Gasteiger partial charge in [-0.25, -0.2) is 17.5 Å². The van der Waals surface area contributed by atoms with E-state index in [2.05, 4.69) is 52.9 Å². The Bertz CT molecular complexity index is 208. The minimum absolute atomic E-state index is 0.569. The van der Waals surface area contributed by atoms with Crippen LogP contribution in [0.1, 0.15) is 0 Å². The van der Waals surface area contributed by atoms with Crippen molar-refractivity contribution in [3.63, 3.8) is 0 Å². The summed E-state index contributed by atoms with van der Waals surface area (Å²) < 4.78 is 1.86. The molecule has 0 heterocycles. The van der Waals surface area contributed by atoms with E-state index >= 15 is 0 Å². The van der Waals surface area contributed by atoms with Gasteiger partial charge in [-0.2, -0.15) is 0 Å². The van der Waals surface area contributed by atoms with Crippen LogP contribution in [0.5, 0.6) is 0 Å². The molecule has 0 aromatic carbocycles. The summed E-state index contributed by atoms with van der Waals surface area (Å²) in [6.07, 6.45) is 5.59. The van der Waals surface area contributed by atoms with Gasteiger partial charge in [-0.15, -0.1) is 0 Å². The standard InChI is InChI=1S/3C2H6N2S2.2ClH.Ni/c3*1-6-2(5)4-3;;;/h3*3H2,1H3,(H,4,5);2*1H;/q;;;;;+2/p-2. The van der Waals surface area contributed by atoms with Crippen molar-refractivity contribution < 1.29 is 12.7 Å². The Labute approximate surface area is 169 Å². The molecule has 21 heavy (non-hydrogen) atoms. The summed E-state index contributed by atoms with van der Waals surface area (Å²) in [5.41, 5.74) is 6.93. The monoisotopic (exact) mass is 494 g/mol. The van der Waals surface area contributed by atoms with Crippen molar-refractivity contribution in [3.8, 4) is 0 Å². The number of halogens is 2. The molecule has 132 valence electrons. The van der Waals surface area contributed by atoms with Gasteiger partial charge in [-0.3, -0.25) is 0 Å². The van der Waals surface area contributed by atoms with Gasteiger partial charge in [0.05, 0.1) is 0 Å². The molecule has 0 bridgehead atoms. The Kier molecular flexibility index (Phi) is 43.1. The fourth-order valence-electron chi connectivity index (χ4n) is 0.177. The number of thioether (sulfide) groups is 3. The van der Waals surface area contributed by atoms with Gasteiger partial charge >= 0.3 is 33.0 Å². The van der Waals surface area contributed by atoms with E-state index in [1.807, 2.05) is 18.8 Å². The number of nitrogens with one attached hydrogen (secondary N) is 3. The summed E-state index contributed by atoms with van der Waals surface area (Å²) in [5.74, 6) is 14.6. The van der Waals surface area contributed by atoms with Crippen LogP contribution < -0.4 is 33.8 Å². The molecule has 15 heteroatoms. The zero-order chi connectivity index (χ0) is 17.7. The first-order valence-electron chi connectivity index (χ1n) is 4.30. The third kappa shape index (κ3) is 44.9. The van der Waals surface area contributed by atoms with Crippen LogP contribution in [0, 0.1) is 0 Å². The third-order valence-electron chi connectivity index (χ3n) is 0.910. The third-order valence-corrected chi connectivity index (χ3v) is 4.23. The zero-order valence-corrected chi connectivity index (χ0v) is 18.7. The van der Waals surface area contributed by atoms with Gasteiger partial charge in [0, 0.05) is 0 Å². The molecule has 0 aromatic rings. The van der Waals surface area contributed by atoms with E-state index in [-0.39, 0.29) is 0 Å². The van der Waals surface area contributed by atoms with Crippen LogP contribution in [-0.4, -0.2) is 31.7 Å². The second kappa shape index (κ2) is 29.7. The molecule has 0 aliphatic rings. The molecular formula is C6H18Cl2N6NiS6. The van der Waals surface area contributed by atoms with E-state index < -0.39 is 0 Å². The number of thiocarbonyl (C=S) groups is 3.